The second-order valence-corrected chi connectivity index (χ2v) is 5.57. The Morgan fingerprint density at radius 1 is 1.37 bits per heavy atom. The first kappa shape index (κ1) is 14.4. The van der Waals surface area contributed by atoms with Crippen LogP contribution in [0.4, 0.5) is 0 Å². The molecule has 1 aliphatic rings. The minimum absolute atomic E-state index is 0.148. The van der Waals surface area contributed by atoms with Crippen molar-refractivity contribution < 1.29 is 4.74 Å². The van der Waals surface area contributed by atoms with E-state index in [4.69, 9.17) is 22.7 Å². The number of ether oxygens (including phenoxy) is 1. The Bertz CT molecular complexity index is 402. The summed E-state index contributed by atoms with van der Waals surface area (Å²) in [4.78, 5) is 3.02. The monoisotopic (exact) mass is 278 g/mol. The molecule has 0 aromatic heterocycles. The van der Waals surface area contributed by atoms with Crippen LogP contribution in [0.3, 0.4) is 0 Å². The van der Waals surface area contributed by atoms with Gasteiger partial charge < -0.3 is 15.4 Å². The third kappa shape index (κ3) is 4.00. The van der Waals surface area contributed by atoms with E-state index in [0.717, 1.165) is 32.5 Å². The lowest BCUT2D eigenvalue weighted by Gasteiger charge is -2.33. The van der Waals surface area contributed by atoms with Crippen molar-refractivity contribution in [2.45, 2.75) is 24.9 Å². The predicted octanol–water partition coefficient (Wildman–Crippen LogP) is 2.17. The van der Waals surface area contributed by atoms with E-state index in [-0.39, 0.29) is 5.92 Å². The van der Waals surface area contributed by atoms with Gasteiger partial charge in [-0.1, -0.05) is 42.5 Å². The average Bonchev–Trinajstić information content (AvgIpc) is 2.46. The van der Waals surface area contributed by atoms with Crippen LogP contribution < -0.4 is 5.73 Å². The summed E-state index contributed by atoms with van der Waals surface area (Å²) in [5.41, 5.74) is 7.13. The predicted molar refractivity (Wildman–Crippen MR) is 82.4 cm³/mol. The Labute approximate surface area is 120 Å². The van der Waals surface area contributed by atoms with Crippen LogP contribution in [0.15, 0.2) is 30.3 Å². The summed E-state index contributed by atoms with van der Waals surface area (Å²) in [6.07, 6.45) is 2.60. The molecule has 1 aromatic rings. The number of rotatable bonds is 5. The van der Waals surface area contributed by atoms with Gasteiger partial charge in [-0.2, -0.15) is 0 Å². The summed E-state index contributed by atoms with van der Waals surface area (Å²) in [6, 6.07) is 10.3. The molecule has 0 bridgehead atoms. The lowest BCUT2D eigenvalue weighted by atomic mass is 9.97. The molecule has 1 fully saturated rings. The van der Waals surface area contributed by atoms with Crippen LogP contribution >= 0.6 is 12.2 Å². The summed E-state index contributed by atoms with van der Waals surface area (Å²) in [5, 5.41) is 0. The van der Waals surface area contributed by atoms with Crippen molar-refractivity contribution in [3.8, 4) is 0 Å². The molecule has 0 amide bonds. The molecule has 4 heteroatoms. The highest BCUT2D eigenvalue weighted by molar-refractivity contribution is 7.80. The summed E-state index contributed by atoms with van der Waals surface area (Å²) < 4.78 is 5.40. The highest BCUT2D eigenvalue weighted by Gasteiger charge is 2.23. The molecule has 0 radical (unpaired) electrons. The number of likely N-dealkylation sites (tertiary alicyclic amines) is 1. The maximum Gasteiger partial charge on any atom is 0.0816 e. The van der Waals surface area contributed by atoms with Crippen LogP contribution in [0, 0.1) is 0 Å². The van der Waals surface area contributed by atoms with Crippen molar-refractivity contribution in [3.05, 3.63) is 35.9 Å². The molecule has 0 saturated carbocycles. The normalized spacial score (nSPS) is 19.2. The molecular weight excluding hydrogens is 256 g/mol. The molecule has 2 rings (SSSR count). The van der Waals surface area contributed by atoms with Gasteiger partial charge in [-0.15, -0.1) is 0 Å². The van der Waals surface area contributed by atoms with Crippen LogP contribution in [-0.2, 0) is 4.74 Å². The Morgan fingerprint density at radius 3 is 2.53 bits per heavy atom. The Hall–Kier alpha value is -0.970. The zero-order chi connectivity index (χ0) is 13.7. The van der Waals surface area contributed by atoms with Crippen LogP contribution in [-0.4, -0.2) is 42.7 Å². The SMILES string of the molecule is COC1CCN(CC(C(N)=S)c2ccccc2)CC1. The van der Waals surface area contributed by atoms with Gasteiger partial charge >= 0.3 is 0 Å². The number of nitrogens with zero attached hydrogens (tertiary/aromatic N) is 1. The number of piperidine rings is 1. The molecular formula is C15H22N2OS. The van der Waals surface area contributed by atoms with Gasteiger partial charge in [-0.25, -0.2) is 0 Å². The second kappa shape index (κ2) is 6.98. The number of thiocarbonyl (C=S) groups is 1. The van der Waals surface area contributed by atoms with E-state index >= 15 is 0 Å². The van der Waals surface area contributed by atoms with Gasteiger partial charge in [0.2, 0.25) is 0 Å². The van der Waals surface area contributed by atoms with Gasteiger partial charge in [0.25, 0.3) is 0 Å². The van der Waals surface area contributed by atoms with Gasteiger partial charge in [-0.3, -0.25) is 0 Å². The molecule has 2 N–H and O–H groups in total. The summed E-state index contributed by atoms with van der Waals surface area (Å²) in [6.45, 7) is 3.03. The Kier molecular flexibility index (Phi) is 5.31. The highest BCUT2D eigenvalue weighted by atomic mass is 32.1. The van der Waals surface area contributed by atoms with Crippen molar-refractivity contribution in [1.29, 1.82) is 0 Å². The smallest absolute Gasteiger partial charge is 0.0816 e. The molecule has 1 aromatic carbocycles. The molecule has 1 aliphatic heterocycles. The van der Waals surface area contributed by atoms with Crippen LogP contribution in [0.1, 0.15) is 24.3 Å². The Balaban J connectivity index is 1.97. The molecule has 19 heavy (non-hydrogen) atoms. The number of nitrogens with two attached hydrogens (primary N) is 1. The molecule has 1 atom stereocenters. The first-order valence-electron chi connectivity index (χ1n) is 6.80. The number of hydrogen-bond donors (Lipinski definition) is 1. The number of methoxy groups -OCH3 is 1. The molecule has 1 unspecified atom stereocenters. The lowest BCUT2D eigenvalue weighted by Crippen LogP contribution is -2.41. The molecule has 1 saturated heterocycles. The van der Waals surface area contributed by atoms with Gasteiger partial charge in [0.15, 0.2) is 0 Å². The molecule has 3 nitrogen and oxygen atoms in total. The first-order chi connectivity index (χ1) is 9.20. The van der Waals surface area contributed by atoms with Crippen LogP contribution in [0.2, 0.25) is 0 Å². The third-order valence-electron chi connectivity index (χ3n) is 3.85. The van der Waals surface area contributed by atoms with Gasteiger partial charge in [0.1, 0.15) is 0 Å². The van der Waals surface area contributed by atoms with E-state index < -0.39 is 0 Å². The summed E-state index contributed by atoms with van der Waals surface area (Å²) >= 11 is 5.24. The fourth-order valence-electron chi connectivity index (χ4n) is 2.63. The largest absolute Gasteiger partial charge is 0.393 e. The zero-order valence-electron chi connectivity index (χ0n) is 11.4. The topological polar surface area (TPSA) is 38.5 Å². The fraction of sp³-hybridized carbons (Fsp3) is 0.533. The second-order valence-electron chi connectivity index (χ2n) is 5.10. The highest BCUT2D eigenvalue weighted by Crippen LogP contribution is 2.20. The van der Waals surface area contributed by atoms with Crippen molar-refractivity contribution in [2.75, 3.05) is 26.7 Å². The first-order valence-corrected chi connectivity index (χ1v) is 7.21. The minimum atomic E-state index is 0.148. The zero-order valence-corrected chi connectivity index (χ0v) is 12.2. The quantitative estimate of drug-likeness (QED) is 0.838. The van der Waals surface area contributed by atoms with E-state index in [2.05, 4.69) is 17.0 Å². The average molecular weight is 278 g/mol. The van der Waals surface area contributed by atoms with Crippen molar-refractivity contribution in [2.24, 2.45) is 5.73 Å². The third-order valence-corrected chi connectivity index (χ3v) is 4.14. The van der Waals surface area contributed by atoms with Crippen molar-refractivity contribution in [1.82, 2.24) is 4.90 Å². The fourth-order valence-corrected chi connectivity index (χ4v) is 2.84. The summed E-state index contributed by atoms with van der Waals surface area (Å²) in [5.74, 6) is 0.148. The number of benzene rings is 1. The van der Waals surface area contributed by atoms with Crippen molar-refractivity contribution >= 4 is 17.2 Å². The molecule has 1 heterocycles. The van der Waals surface area contributed by atoms with Gasteiger partial charge in [0.05, 0.1) is 11.1 Å². The number of hydrogen-bond acceptors (Lipinski definition) is 3. The maximum atomic E-state index is 5.92. The Morgan fingerprint density at radius 2 is 2.00 bits per heavy atom. The van der Waals surface area contributed by atoms with E-state index in [1.165, 1.54) is 5.56 Å². The standard InChI is InChI=1S/C15H22N2OS/c1-18-13-7-9-17(10-8-13)11-14(15(16)19)12-5-3-2-4-6-12/h2-6,13-14H,7-11H2,1H3,(H2,16,19). The van der Waals surface area contributed by atoms with Crippen LogP contribution in [0.25, 0.3) is 0 Å². The van der Waals surface area contributed by atoms with E-state index in [0.29, 0.717) is 11.1 Å². The maximum absolute atomic E-state index is 5.92. The molecule has 0 spiro atoms. The van der Waals surface area contributed by atoms with E-state index in [1.807, 2.05) is 18.2 Å². The van der Waals surface area contributed by atoms with Gasteiger partial charge in [0, 0.05) is 32.7 Å². The summed E-state index contributed by atoms with van der Waals surface area (Å²) in [7, 11) is 1.79. The van der Waals surface area contributed by atoms with Crippen molar-refractivity contribution in [3.63, 3.8) is 0 Å². The van der Waals surface area contributed by atoms with E-state index in [1.54, 1.807) is 7.11 Å². The van der Waals surface area contributed by atoms with E-state index in [9.17, 15) is 0 Å². The minimum Gasteiger partial charge on any atom is -0.393 e. The molecule has 104 valence electrons. The van der Waals surface area contributed by atoms with Crippen LogP contribution in [0.5, 0.6) is 0 Å². The van der Waals surface area contributed by atoms with Gasteiger partial charge in [-0.05, 0) is 18.4 Å². The lowest BCUT2D eigenvalue weighted by molar-refractivity contribution is 0.0409. The molecule has 0 aliphatic carbocycles.